The number of nitrogens with zero attached hydrogens (tertiary/aromatic N) is 1. The first-order chi connectivity index (χ1) is 7.02. The number of likely N-dealkylation sites (tertiary alicyclic amines) is 1. The van der Waals surface area contributed by atoms with Crippen molar-refractivity contribution in [3.63, 3.8) is 0 Å². The van der Waals surface area contributed by atoms with Crippen molar-refractivity contribution < 1.29 is 9.53 Å². The molecule has 0 aromatic rings. The number of carbonyl (C=O) groups excluding carboxylic acids is 1. The van der Waals surface area contributed by atoms with E-state index in [-0.39, 0.29) is 17.6 Å². The number of hydrogen-bond donors (Lipinski definition) is 1. The molecule has 1 aliphatic heterocycles. The van der Waals surface area contributed by atoms with Crippen molar-refractivity contribution >= 4 is 5.91 Å². The van der Waals surface area contributed by atoms with Crippen LogP contribution in [0.2, 0.25) is 0 Å². The van der Waals surface area contributed by atoms with Crippen LogP contribution in [0.15, 0.2) is 0 Å². The molecular formula is C11H22N2O2. The highest BCUT2D eigenvalue weighted by Crippen LogP contribution is 2.21. The summed E-state index contributed by atoms with van der Waals surface area (Å²) in [7, 11) is 3.56. The van der Waals surface area contributed by atoms with Gasteiger partial charge in [0.05, 0.1) is 0 Å². The van der Waals surface area contributed by atoms with Crippen LogP contribution in [0.25, 0.3) is 0 Å². The van der Waals surface area contributed by atoms with E-state index in [1.54, 1.807) is 14.0 Å². The lowest BCUT2D eigenvalue weighted by atomic mass is 9.90. The minimum absolute atomic E-state index is 0.107. The predicted molar refractivity (Wildman–Crippen MR) is 59.7 cm³/mol. The van der Waals surface area contributed by atoms with Gasteiger partial charge in [0.15, 0.2) is 0 Å². The van der Waals surface area contributed by atoms with Crippen molar-refractivity contribution in [3.8, 4) is 0 Å². The van der Waals surface area contributed by atoms with E-state index in [4.69, 9.17) is 4.74 Å². The van der Waals surface area contributed by atoms with Gasteiger partial charge in [0, 0.05) is 25.7 Å². The Balaban J connectivity index is 2.47. The summed E-state index contributed by atoms with van der Waals surface area (Å²) in [6.07, 6.45) is 1.70. The summed E-state index contributed by atoms with van der Waals surface area (Å²) in [5.74, 6) is 0.107. The SMILES string of the molecule is CNC1(C)CCN(C(=O)C(C)OC)CC1. The van der Waals surface area contributed by atoms with Crippen LogP contribution in [-0.2, 0) is 9.53 Å². The Labute approximate surface area is 92.0 Å². The van der Waals surface area contributed by atoms with Crippen LogP contribution in [0.3, 0.4) is 0 Å². The first-order valence-corrected chi connectivity index (χ1v) is 5.53. The van der Waals surface area contributed by atoms with Gasteiger partial charge < -0.3 is 15.0 Å². The zero-order valence-corrected chi connectivity index (χ0v) is 10.2. The molecule has 1 aliphatic rings. The van der Waals surface area contributed by atoms with Crippen LogP contribution in [0.1, 0.15) is 26.7 Å². The van der Waals surface area contributed by atoms with Crippen LogP contribution in [0.4, 0.5) is 0 Å². The quantitative estimate of drug-likeness (QED) is 0.749. The van der Waals surface area contributed by atoms with Crippen LogP contribution >= 0.6 is 0 Å². The zero-order valence-electron chi connectivity index (χ0n) is 10.2. The summed E-state index contributed by atoms with van der Waals surface area (Å²) >= 11 is 0. The fourth-order valence-corrected chi connectivity index (χ4v) is 1.83. The van der Waals surface area contributed by atoms with Crippen LogP contribution in [-0.4, -0.2) is 49.7 Å². The van der Waals surface area contributed by atoms with Crippen molar-refractivity contribution in [3.05, 3.63) is 0 Å². The van der Waals surface area contributed by atoms with Gasteiger partial charge in [-0.15, -0.1) is 0 Å². The van der Waals surface area contributed by atoms with E-state index in [1.807, 2.05) is 11.9 Å². The maximum absolute atomic E-state index is 11.8. The van der Waals surface area contributed by atoms with E-state index in [9.17, 15) is 4.79 Å². The standard InChI is InChI=1S/C11H22N2O2/c1-9(15-4)10(14)13-7-5-11(2,12-3)6-8-13/h9,12H,5-8H2,1-4H3. The Hall–Kier alpha value is -0.610. The molecular weight excluding hydrogens is 192 g/mol. The van der Waals surface area contributed by atoms with Crippen LogP contribution in [0.5, 0.6) is 0 Å². The number of rotatable bonds is 3. The summed E-state index contributed by atoms with van der Waals surface area (Å²) in [6, 6.07) is 0. The smallest absolute Gasteiger partial charge is 0.251 e. The highest BCUT2D eigenvalue weighted by molar-refractivity contribution is 5.80. The molecule has 4 heteroatoms. The lowest BCUT2D eigenvalue weighted by Crippen LogP contribution is -2.53. The monoisotopic (exact) mass is 214 g/mol. The number of ether oxygens (including phenoxy) is 1. The predicted octanol–water partition coefficient (Wildman–Crippen LogP) is 0.622. The largest absolute Gasteiger partial charge is 0.372 e. The zero-order chi connectivity index (χ0) is 11.5. The third-order valence-corrected chi connectivity index (χ3v) is 3.48. The molecule has 1 fully saturated rings. The van der Waals surface area contributed by atoms with E-state index in [2.05, 4.69) is 12.2 Å². The van der Waals surface area contributed by atoms with Gasteiger partial charge in [-0.25, -0.2) is 0 Å². The van der Waals surface area contributed by atoms with Gasteiger partial charge in [-0.2, -0.15) is 0 Å². The van der Waals surface area contributed by atoms with Crippen molar-refractivity contribution in [1.82, 2.24) is 10.2 Å². The molecule has 0 saturated carbocycles. The fraction of sp³-hybridized carbons (Fsp3) is 0.909. The molecule has 0 aromatic heterocycles. The molecule has 1 heterocycles. The van der Waals surface area contributed by atoms with E-state index >= 15 is 0 Å². The molecule has 0 aromatic carbocycles. The first-order valence-electron chi connectivity index (χ1n) is 5.53. The number of amides is 1. The van der Waals surface area contributed by atoms with Crippen molar-refractivity contribution in [2.24, 2.45) is 0 Å². The average molecular weight is 214 g/mol. The van der Waals surface area contributed by atoms with Gasteiger partial charge in [0.1, 0.15) is 6.10 Å². The Morgan fingerprint density at radius 1 is 1.47 bits per heavy atom. The Morgan fingerprint density at radius 2 is 2.00 bits per heavy atom. The molecule has 0 radical (unpaired) electrons. The van der Waals surface area contributed by atoms with Crippen molar-refractivity contribution in [1.29, 1.82) is 0 Å². The molecule has 1 N–H and O–H groups in total. The molecule has 1 amide bonds. The second kappa shape index (κ2) is 4.94. The normalized spacial score (nSPS) is 22.5. The van der Waals surface area contributed by atoms with E-state index in [0.29, 0.717) is 0 Å². The number of piperidine rings is 1. The summed E-state index contributed by atoms with van der Waals surface area (Å²) in [5, 5.41) is 3.31. The van der Waals surface area contributed by atoms with Gasteiger partial charge in [-0.05, 0) is 33.7 Å². The highest BCUT2D eigenvalue weighted by Gasteiger charge is 2.31. The number of nitrogens with one attached hydrogen (secondary N) is 1. The third kappa shape index (κ3) is 2.92. The van der Waals surface area contributed by atoms with Gasteiger partial charge in [0.2, 0.25) is 0 Å². The Bertz CT molecular complexity index is 223. The lowest BCUT2D eigenvalue weighted by Gasteiger charge is -2.39. The average Bonchev–Trinajstić information content (AvgIpc) is 2.28. The Morgan fingerprint density at radius 3 is 2.40 bits per heavy atom. The van der Waals surface area contributed by atoms with E-state index < -0.39 is 0 Å². The maximum Gasteiger partial charge on any atom is 0.251 e. The highest BCUT2D eigenvalue weighted by atomic mass is 16.5. The van der Waals surface area contributed by atoms with Gasteiger partial charge in [0.25, 0.3) is 5.91 Å². The second-order valence-corrected chi connectivity index (χ2v) is 4.51. The van der Waals surface area contributed by atoms with Gasteiger partial charge >= 0.3 is 0 Å². The molecule has 1 unspecified atom stereocenters. The van der Waals surface area contributed by atoms with Crippen LogP contribution < -0.4 is 5.32 Å². The number of carbonyl (C=O) groups is 1. The lowest BCUT2D eigenvalue weighted by molar-refractivity contribution is -0.142. The summed E-state index contributed by atoms with van der Waals surface area (Å²) < 4.78 is 5.04. The molecule has 0 spiro atoms. The first kappa shape index (κ1) is 12.5. The molecule has 88 valence electrons. The van der Waals surface area contributed by atoms with Gasteiger partial charge in [-0.1, -0.05) is 0 Å². The second-order valence-electron chi connectivity index (χ2n) is 4.51. The van der Waals surface area contributed by atoms with Crippen molar-refractivity contribution in [2.75, 3.05) is 27.2 Å². The van der Waals surface area contributed by atoms with Gasteiger partial charge in [-0.3, -0.25) is 4.79 Å². The minimum Gasteiger partial charge on any atom is -0.372 e. The molecule has 0 aliphatic carbocycles. The summed E-state index contributed by atoms with van der Waals surface area (Å²) in [4.78, 5) is 13.7. The summed E-state index contributed by atoms with van der Waals surface area (Å²) in [6.45, 7) is 5.65. The molecule has 1 rings (SSSR count). The third-order valence-electron chi connectivity index (χ3n) is 3.48. The molecule has 1 saturated heterocycles. The fourth-order valence-electron chi connectivity index (χ4n) is 1.83. The van der Waals surface area contributed by atoms with E-state index in [0.717, 1.165) is 25.9 Å². The maximum atomic E-state index is 11.8. The Kier molecular flexibility index (Phi) is 4.11. The molecule has 1 atom stereocenters. The van der Waals surface area contributed by atoms with Crippen LogP contribution in [0, 0.1) is 0 Å². The molecule has 0 bridgehead atoms. The minimum atomic E-state index is -0.316. The number of methoxy groups -OCH3 is 1. The van der Waals surface area contributed by atoms with Crippen molar-refractivity contribution in [2.45, 2.75) is 38.3 Å². The summed E-state index contributed by atoms with van der Waals surface area (Å²) in [5.41, 5.74) is 0.188. The topological polar surface area (TPSA) is 41.6 Å². The number of hydrogen-bond acceptors (Lipinski definition) is 3. The molecule has 4 nitrogen and oxygen atoms in total. The molecule has 15 heavy (non-hydrogen) atoms. The van der Waals surface area contributed by atoms with E-state index in [1.165, 1.54) is 0 Å².